The molecule has 5 nitrogen and oxygen atoms in total. The molecule has 2 heterocycles. The number of imidazole rings is 1. The molecule has 1 aromatic rings. The molecule has 0 aliphatic carbocycles. The van der Waals surface area contributed by atoms with Crippen LogP contribution in [0.2, 0.25) is 5.15 Å². The molecule has 1 aliphatic heterocycles. The minimum absolute atomic E-state index is 0.0235. The molecule has 2 rings (SSSR count). The fourth-order valence-electron chi connectivity index (χ4n) is 2.69. The number of nitrogens with zero attached hydrogens (tertiary/aromatic N) is 3. The first-order valence-electron chi connectivity index (χ1n) is 7.01. The van der Waals surface area contributed by atoms with Crippen molar-refractivity contribution >= 4 is 21.6 Å². The standard InChI is InChI=1S/C13H22ClN3O2S/c1-10(2)11-5-4-7-17(8-6-11)20(18,19)13-12(14)16(3)9-15-13/h9-11H,4-8H2,1-3H3. The predicted molar refractivity (Wildman–Crippen MR) is 79.2 cm³/mol. The highest BCUT2D eigenvalue weighted by atomic mass is 35.5. The van der Waals surface area contributed by atoms with Crippen molar-refractivity contribution in [2.24, 2.45) is 18.9 Å². The number of halogens is 1. The Morgan fingerprint density at radius 2 is 2.05 bits per heavy atom. The summed E-state index contributed by atoms with van der Waals surface area (Å²) < 4.78 is 28.3. The van der Waals surface area contributed by atoms with Crippen molar-refractivity contribution in [2.45, 2.75) is 38.1 Å². The first kappa shape index (κ1) is 15.8. The molecule has 0 N–H and O–H groups in total. The Morgan fingerprint density at radius 3 is 2.60 bits per heavy atom. The van der Waals surface area contributed by atoms with E-state index in [9.17, 15) is 8.42 Å². The summed E-state index contributed by atoms with van der Waals surface area (Å²) in [5, 5.41) is 0.152. The van der Waals surface area contributed by atoms with Crippen molar-refractivity contribution in [1.82, 2.24) is 13.9 Å². The van der Waals surface area contributed by atoms with E-state index in [4.69, 9.17) is 11.6 Å². The second kappa shape index (κ2) is 6.03. The molecule has 1 unspecified atom stereocenters. The average Bonchev–Trinajstić information content (AvgIpc) is 2.62. The molecule has 1 aromatic heterocycles. The summed E-state index contributed by atoms with van der Waals surface area (Å²) in [7, 11) is -1.89. The second-order valence-electron chi connectivity index (χ2n) is 5.79. The highest BCUT2D eigenvalue weighted by Gasteiger charge is 2.32. The van der Waals surface area contributed by atoms with Gasteiger partial charge in [-0.2, -0.15) is 4.31 Å². The zero-order valence-electron chi connectivity index (χ0n) is 12.2. The van der Waals surface area contributed by atoms with E-state index in [1.54, 1.807) is 7.05 Å². The van der Waals surface area contributed by atoms with Crippen molar-refractivity contribution < 1.29 is 8.42 Å². The normalized spacial score (nSPS) is 22.1. The van der Waals surface area contributed by atoms with Gasteiger partial charge < -0.3 is 4.57 Å². The minimum atomic E-state index is -3.57. The van der Waals surface area contributed by atoms with Crippen molar-refractivity contribution in [3.05, 3.63) is 11.5 Å². The van der Waals surface area contributed by atoms with Crippen LogP contribution in [-0.4, -0.2) is 35.4 Å². The SMILES string of the molecule is CC(C)C1CCCN(S(=O)(=O)c2ncn(C)c2Cl)CC1. The smallest absolute Gasteiger partial charge is 0.263 e. The lowest BCUT2D eigenvalue weighted by molar-refractivity contribution is 0.340. The molecule has 114 valence electrons. The second-order valence-corrected chi connectivity index (χ2v) is 8.00. The number of sulfonamides is 1. The largest absolute Gasteiger partial charge is 0.324 e. The first-order chi connectivity index (χ1) is 9.34. The zero-order chi connectivity index (χ0) is 14.9. The van der Waals surface area contributed by atoms with Gasteiger partial charge in [0, 0.05) is 20.1 Å². The number of aromatic nitrogens is 2. The van der Waals surface area contributed by atoms with Crippen LogP contribution in [0.4, 0.5) is 0 Å². The van der Waals surface area contributed by atoms with Gasteiger partial charge in [-0.05, 0) is 31.1 Å². The van der Waals surface area contributed by atoms with Crippen molar-refractivity contribution in [1.29, 1.82) is 0 Å². The Hall–Kier alpha value is -0.590. The fraction of sp³-hybridized carbons (Fsp3) is 0.769. The summed E-state index contributed by atoms with van der Waals surface area (Å²) in [6.45, 7) is 5.51. The molecule has 0 saturated carbocycles. The van der Waals surface area contributed by atoms with Crippen molar-refractivity contribution in [3.63, 3.8) is 0 Å². The summed E-state index contributed by atoms with van der Waals surface area (Å²) in [6.07, 6.45) is 4.32. The maximum absolute atomic E-state index is 12.6. The summed E-state index contributed by atoms with van der Waals surface area (Å²) in [5.74, 6) is 1.19. The molecule has 0 aromatic carbocycles. The van der Waals surface area contributed by atoms with E-state index < -0.39 is 10.0 Å². The highest BCUT2D eigenvalue weighted by Crippen LogP contribution is 2.29. The molecule has 0 radical (unpaired) electrons. The van der Waals surface area contributed by atoms with Crippen LogP contribution in [0.3, 0.4) is 0 Å². The Balaban J connectivity index is 2.20. The van der Waals surface area contributed by atoms with Crippen LogP contribution in [-0.2, 0) is 17.1 Å². The summed E-state index contributed by atoms with van der Waals surface area (Å²) in [4.78, 5) is 3.95. The van der Waals surface area contributed by atoms with Gasteiger partial charge in [-0.25, -0.2) is 13.4 Å². The number of hydrogen-bond acceptors (Lipinski definition) is 3. The number of aryl methyl sites for hydroxylation is 1. The molecule has 1 fully saturated rings. The van der Waals surface area contributed by atoms with Crippen LogP contribution in [0.5, 0.6) is 0 Å². The lowest BCUT2D eigenvalue weighted by Gasteiger charge is -2.20. The average molecular weight is 320 g/mol. The highest BCUT2D eigenvalue weighted by molar-refractivity contribution is 7.89. The van der Waals surface area contributed by atoms with E-state index in [1.807, 2.05) is 0 Å². The van der Waals surface area contributed by atoms with Gasteiger partial charge in [0.15, 0.2) is 0 Å². The van der Waals surface area contributed by atoms with E-state index in [0.29, 0.717) is 24.9 Å². The van der Waals surface area contributed by atoms with Crippen LogP contribution in [0, 0.1) is 11.8 Å². The van der Waals surface area contributed by atoms with E-state index in [0.717, 1.165) is 19.3 Å². The molecule has 7 heteroatoms. The Bertz CT molecular complexity index is 568. The molecule has 1 aliphatic rings. The topological polar surface area (TPSA) is 55.2 Å². The van der Waals surface area contributed by atoms with E-state index in [1.165, 1.54) is 15.2 Å². The molecular weight excluding hydrogens is 298 g/mol. The van der Waals surface area contributed by atoms with Crippen LogP contribution < -0.4 is 0 Å². The first-order valence-corrected chi connectivity index (χ1v) is 8.82. The lowest BCUT2D eigenvalue weighted by atomic mass is 9.89. The third-order valence-electron chi connectivity index (χ3n) is 4.09. The third kappa shape index (κ3) is 3.02. The van der Waals surface area contributed by atoms with Gasteiger partial charge in [0.2, 0.25) is 5.03 Å². The van der Waals surface area contributed by atoms with Gasteiger partial charge in [-0.3, -0.25) is 0 Å². The van der Waals surface area contributed by atoms with Crippen LogP contribution >= 0.6 is 11.6 Å². The quantitative estimate of drug-likeness (QED) is 0.860. The Morgan fingerprint density at radius 1 is 1.35 bits per heavy atom. The molecule has 1 saturated heterocycles. The van der Waals surface area contributed by atoms with E-state index >= 15 is 0 Å². The van der Waals surface area contributed by atoms with Gasteiger partial charge in [0.25, 0.3) is 10.0 Å². The van der Waals surface area contributed by atoms with Gasteiger partial charge >= 0.3 is 0 Å². The lowest BCUT2D eigenvalue weighted by Crippen LogP contribution is -2.32. The summed E-state index contributed by atoms with van der Waals surface area (Å²) in [6, 6.07) is 0. The summed E-state index contributed by atoms with van der Waals surface area (Å²) >= 11 is 6.03. The van der Waals surface area contributed by atoms with Crippen molar-refractivity contribution in [3.8, 4) is 0 Å². The Labute approximate surface area is 126 Å². The van der Waals surface area contributed by atoms with E-state index in [-0.39, 0.29) is 10.2 Å². The van der Waals surface area contributed by atoms with Crippen LogP contribution in [0.25, 0.3) is 0 Å². The molecule has 20 heavy (non-hydrogen) atoms. The van der Waals surface area contributed by atoms with Gasteiger partial charge in [0.05, 0.1) is 6.33 Å². The maximum atomic E-state index is 12.6. The van der Waals surface area contributed by atoms with Crippen LogP contribution in [0.15, 0.2) is 11.4 Å². The maximum Gasteiger partial charge on any atom is 0.263 e. The molecule has 0 amide bonds. The number of hydrogen-bond donors (Lipinski definition) is 0. The third-order valence-corrected chi connectivity index (χ3v) is 6.48. The zero-order valence-corrected chi connectivity index (χ0v) is 13.8. The van der Waals surface area contributed by atoms with Crippen molar-refractivity contribution in [2.75, 3.05) is 13.1 Å². The van der Waals surface area contributed by atoms with Gasteiger partial charge in [-0.15, -0.1) is 0 Å². The van der Waals surface area contributed by atoms with E-state index in [2.05, 4.69) is 18.8 Å². The fourth-order valence-corrected chi connectivity index (χ4v) is 4.57. The predicted octanol–water partition coefficient (Wildman–Crippen LogP) is 2.52. The van der Waals surface area contributed by atoms with Gasteiger partial charge in [0.1, 0.15) is 5.15 Å². The van der Waals surface area contributed by atoms with Crippen LogP contribution in [0.1, 0.15) is 33.1 Å². The minimum Gasteiger partial charge on any atom is -0.324 e. The summed E-state index contributed by atoms with van der Waals surface area (Å²) in [5.41, 5.74) is 0. The molecule has 0 spiro atoms. The Kier molecular flexibility index (Phi) is 4.76. The number of rotatable bonds is 3. The monoisotopic (exact) mass is 319 g/mol. The molecular formula is C13H22ClN3O2S. The van der Waals surface area contributed by atoms with Gasteiger partial charge in [-0.1, -0.05) is 25.4 Å². The molecule has 1 atom stereocenters. The molecule has 0 bridgehead atoms.